The van der Waals surface area contributed by atoms with E-state index in [0.29, 0.717) is 0 Å². The molecular formula is C17H24GeN+. The maximum atomic E-state index is 2.47. The van der Waals surface area contributed by atoms with E-state index in [-0.39, 0.29) is 0 Å². The minimum atomic E-state index is -1.54. The first-order valence-electron chi connectivity index (χ1n) is 6.91. The topological polar surface area (TPSA) is 3.88 Å². The number of aromatic nitrogens is 1. The van der Waals surface area contributed by atoms with E-state index in [1.165, 1.54) is 27.6 Å². The Kier molecular flexibility index (Phi) is 4.14. The Morgan fingerprint density at radius 3 is 2.42 bits per heavy atom. The number of hydrogen-bond acceptors (Lipinski definition) is 0. The Morgan fingerprint density at radius 2 is 1.79 bits per heavy atom. The molecule has 0 saturated heterocycles. The number of hydrogen-bond donors (Lipinski definition) is 0. The SMILES string of the molecule is Cc1ccc([CH2][Ge]([CH3])([CH3])[CH3])cc1-c1cccc[n+]1C. The predicted molar refractivity (Wildman–Crippen MR) is 84.8 cm³/mol. The molecule has 0 atom stereocenters. The van der Waals surface area contributed by atoms with Crippen LogP contribution in [0.15, 0.2) is 42.6 Å². The van der Waals surface area contributed by atoms with Crippen LogP contribution in [0, 0.1) is 6.92 Å². The Hall–Kier alpha value is -1.09. The van der Waals surface area contributed by atoms with Crippen molar-refractivity contribution in [1.29, 1.82) is 0 Å². The molecule has 0 aliphatic carbocycles. The van der Waals surface area contributed by atoms with Gasteiger partial charge in [-0.25, -0.2) is 0 Å². The van der Waals surface area contributed by atoms with Crippen molar-refractivity contribution in [3.8, 4) is 11.3 Å². The predicted octanol–water partition coefficient (Wildman–Crippen LogP) is 3.91. The molecule has 0 radical (unpaired) electrons. The molecule has 0 aliphatic rings. The summed E-state index contributed by atoms with van der Waals surface area (Å²) in [7, 11) is 2.11. The summed E-state index contributed by atoms with van der Waals surface area (Å²) in [6, 6.07) is 13.4. The average Bonchev–Trinajstić information content (AvgIpc) is 2.31. The summed E-state index contributed by atoms with van der Waals surface area (Å²) in [5.41, 5.74) is 5.51. The van der Waals surface area contributed by atoms with Crippen LogP contribution in [0.1, 0.15) is 11.1 Å². The molecule has 1 aromatic carbocycles. The maximum absolute atomic E-state index is 2.47. The first kappa shape index (κ1) is 14.3. The van der Waals surface area contributed by atoms with Crippen LogP contribution in [0.4, 0.5) is 0 Å². The van der Waals surface area contributed by atoms with Gasteiger partial charge in [-0.05, 0) is 0 Å². The molecule has 1 aromatic heterocycles. The van der Waals surface area contributed by atoms with Crippen LogP contribution in [0.2, 0.25) is 17.3 Å². The third-order valence-electron chi connectivity index (χ3n) is 3.37. The van der Waals surface area contributed by atoms with Gasteiger partial charge in [0.15, 0.2) is 0 Å². The first-order valence-corrected chi connectivity index (χ1v) is 14.7. The third kappa shape index (κ3) is 3.69. The fraction of sp³-hybridized carbons (Fsp3) is 0.353. The van der Waals surface area contributed by atoms with Crippen LogP contribution < -0.4 is 4.57 Å². The molecule has 2 rings (SSSR count). The standard InChI is InChI=1S/C17H24GeN/c1-14-9-10-15(13-18(2,3)4)12-16(14)17-8-6-7-11-19(17)5/h6-12H,13H2,1-5H3/q+1. The monoisotopic (exact) mass is 316 g/mol. The number of nitrogens with zero attached hydrogens (tertiary/aromatic N) is 1. The van der Waals surface area contributed by atoms with E-state index < -0.39 is 13.3 Å². The van der Waals surface area contributed by atoms with Gasteiger partial charge in [0.25, 0.3) is 0 Å². The third-order valence-corrected chi connectivity index (χ3v) is 6.45. The fourth-order valence-corrected chi connectivity index (χ4v) is 5.50. The van der Waals surface area contributed by atoms with Crippen molar-refractivity contribution >= 4 is 13.3 Å². The fourth-order valence-electron chi connectivity index (χ4n) is 2.47. The summed E-state index contributed by atoms with van der Waals surface area (Å²) >= 11 is -1.54. The molecule has 19 heavy (non-hydrogen) atoms. The molecule has 0 amide bonds. The number of benzene rings is 1. The number of aryl methyl sites for hydroxylation is 2. The Labute approximate surface area is 119 Å². The summed E-state index contributed by atoms with van der Waals surface area (Å²) < 4.78 is 2.20. The number of rotatable bonds is 3. The number of pyridine rings is 1. The molecule has 0 aliphatic heterocycles. The van der Waals surface area contributed by atoms with Crippen molar-refractivity contribution in [2.75, 3.05) is 0 Å². The summed E-state index contributed by atoms with van der Waals surface area (Å²) in [5.74, 6) is 7.42. The molecule has 1 heterocycles. The van der Waals surface area contributed by atoms with Crippen molar-refractivity contribution in [3.05, 3.63) is 53.7 Å². The molecule has 1 nitrogen and oxygen atoms in total. The summed E-state index contributed by atoms with van der Waals surface area (Å²) in [6.07, 6.45) is 2.11. The molecule has 0 bridgehead atoms. The zero-order chi connectivity index (χ0) is 14.0. The quantitative estimate of drug-likeness (QED) is 0.597. The van der Waals surface area contributed by atoms with Crippen LogP contribution in [0.3, 0.4) is 0 Å². The second-order valence-electron chi connectivity index (χ2n) is 6.58. The Balaban J connectivity index is 2.46. The van der Waals surface area contributed by atoms with Crippen LogP contribution in [0.5, 0.6) is 0 Å². The Bertz CT molecular complexity index is 582. The second kappa shape index (κ2) is 5.50. The van der Waals surface area contributed by atoms with E-state index in [2.05, 4.69) is 78.4 Å². The molecule has 100 valence electrons. The van der Waals surface area contributed by atoms with Crippen molar-refractivity contribution in [1.82, 2.24) is 0 Å². The van der Waals surface area contributed by atoms with Gasteiger partial charge in [-0.1, -0.05) is 0 Å². The van der Waals surface area contributed by atoms with Gasteiger partial charge in [-0.3, -0.25) is 0 Å². The molecule has 0 fully saturated rings. The van der Waals surface area contributed by atoms with Gasteiger partial charge in [0.2, 0.25) is 0 Å². The summed E-state index contributed by atoms with van der Waals surface area (Å²) in [5, 5.41) is 1.30. The molecule has 0 spiro atoms. The Morgan fingerprint density at radius 1 is 1.05 bits per heavy atom. The van der Waals surface area contributed by atoms with Crippen LogP contribution in [0.25, 0.3) is 11.3 Å². The molecular weight excluding hydrogens is 291 g/mol. The van der Waals surface area contributed by atoms with Gasteiger partial charge in [0.05, 0.1) is 0 Å². The van der Waals surface area contributed by atoms with Crippen molar-refractivity contribution in [3.63, 3.8) is 0 Å². The molecule has 0 unspecified atom stereocenters. The molecule has 0 N–H and O–H groups in total. The van der Waals surface area contributed by atoms with Gasteiger partial charge in [0, 0.05) is 0 Å². The minimum absolute atomic E-state index is 1.29. The average molecular weight is 315 g/mol. The van der Waals surface area contributed by atoms with E-state index in [4.69, 9.17) is 0 Å². The van der Waals surface area contributed by atoms with E-state index in [1.807, 2.05) is 0 Å². The summed E-state index contributed by atoms with van der Waals surface area (Å²) in [6.45, 7) is 2.20. The van der Waals surface area contributed by atoms with Crippen molar-refractivity contribution < 1.29 is 4.57 Å². The molecule has 2 aromatic rings. The van der Waals surface area contributed by atoms with E-state index in [0.717, 1.165) is 0 Å². The van der Waals surface area contributed by atoms with Gasteiger partial charge < -0.3 is 0 Å². The zero-order valence-corrected chi connectivity index (χ0v) is 14.8. The van der Waals surface area contributed by atoms with Crippen LogP contribution in [-0.2, 0) is 12.3 Å². The molecule has 2 heteroatoms. The normalized spacial score (nSPS) is 11.6. The van der Waals surface area contributed by atoms with E-state index >= 15 is 0 Å². The van der Waals surface area contributed by atoms with Crippen molar-refractivity contribution in [2.45, 2.75) is 29.4 Å². The first-order chi connectivity index (χ1) is 8.87. The zero-order valence-electron chi connectivity index (χ0n) is 12.7. The van der Waals surface area contributed by atoms with E-state index in [1.54, 1.807) is 0 Å². The van der Waals surface area contributed by atoms with Gasteiger partial charge in [-0.15, -0.1) is 0 Å². The van der Waals surface area contributed by atoms with Crippen molar-refractivity contribution in [2.24, 2.45) is 7.05 Å². The summed E-state index contributed by atoms with van der Waals surface area (Å²) in [4.78, 5) is 0. The van der Waals surface area contributed by atoms with E-state index in [9.17, 15) is 0 Å². The molecule has 0 saturated carbocycles. The van der Waals surface area contributed by atoms with Gasteiger partial charge >= 0.3 is 119 Å². The van der Waals surface area contributed by atoms with Crippen LogP contribution in [-0.4, -0.2) is 13.3 Å². The van der Waals surface area contributed by atoms with Gasteiger partial charge in [-0.2, -0.15) is 0 Å². The van der Waals surface area contributed by atoms with Gasteiger partial charge in [0.1, 0.15) is 0 Å². The second-order valence-corrected chi connectivity index (χ2v) is 18.1. The van der Waals surface area contributed by atoms with Crippen LogP contribution >= 0.6 is 0 Å².